The van der Waals surface area contributed by atoms with E-state index >= 15 is 0 Å². The van der Waals surface area contributed by atoms with Gasteiger partial charge in [0.15, 0.2) is 6.61 Å². The fourth-order valence-corrected chi connectivity index (χ4v) is 1.75. The van der Waals surface area contributed by atoms with E-state index in [4.69, 9.17) is 10.00 Å². The normalized spacial score (nSPS) is 9.90. The van der Waals surface area contributed by atoms with Crippen LogP contribution in [-0.4, -0.2) is 28.8 Å². The van der Waals surface area contributed by atoms with Crippen LogP contribution in [0.3, 0.4) is 0 Å². The van der Waals surface area contributed by atoms with Crippen LogP contribution >= 0.6 is 0 Å². The quantitative estimate of drug-likeness (QED) is 0.859. The van der Waals surface area contributed by atoms with Crippen molar-refractivity contribution in [3.05, 3.63) is 47.8 Å². The summed E-state index contributed by atoms with van der Waals surface area (Å²) in [5.41, 5.74) is 1.49. The third-order valence-corrected chi connectivity index (χ3v) is 2.83. The Bertz CT molecular complexity index is 640. The maximum atomic E-state index is 11.6. The highest BCUT2D eigenvalue weighted by atomic mass is 16.5. The van der Waals surface area contributed by atoms with Crippen LogP contribution in [0.2, 0.25) is 0 Å². The summed E-state index contributed by atoms with van der Waals surface area (Å²) in [4.78, 5) is 11.6. The lowest BCUT2D eigenvalue weighted by Crippen LogP contribution is -2.30. The Morgan fingerprint density at radius 2 is 2.14 bits per heavy atom. The number of rotatable bonds is 6. The Labute approximate surface area is 123 Å². The molecule has 6 heteroatoms. The van der Waals surface area contributed by atoms with Crippen molar-refractivity contribution in [3.63, 3.8) is 0 Å². The van der Waals surface area contributed by atoms with E-state index < -0.39 is 0 Å². The molecule has 1 N–H and O–H groups in total. The number of carbonyl (C=O) groups excluding carboxylic acids is 1. The number of hydrogen-bond donors (Lipinski definition) is 1. The predicted octanol–water partition coefficient (Wildman–Crippen LogP) is 1.03. The molecule has 0 fully saturated rings. The molecule has 1 aromatic heterocycles. The zero-order chi connectivity index (χ0) is 15.1. The molecule has 0 saturated heterocycles. The summed E-state index contributed by atoms with van der Waals surface area (Å²) in [7, 11) is 1.85. The lowest BCUT2D eigenvalue weighted by atomic mass is 10.2. The summed E-state index contributed by atoms with van der Waals surface area (Å²) >= 11 is 0. The van der Waals surface area contributed by atoms with Crippen molar-refractivity contribution in [2.45, 2.75) is 6.42 Å². The standard InChI is InChI=1S/C15H16N4O2/c1-19-9-7-13(18-19)6-8-17-15(20)11-21-14-4-2-12(10-16)3-5-14/h2-5,7,9H,6,8,11H2,1H3,(H,17,20). The summed E-state index contributed by atoms with van der Waals surface area (Å²) in [6.07, 6.45) is 2.55. The van der Waals surface area contributed by atoms with E-state index in [1.807, 2.05) is 25.4 Å². The number of aryl methyl sites for hydroxylation is 1. The van der Waals surface area contributed by atoms with Gasteiger partial charge in [0.25, 0.3) is 5.91 Å². The van der Waals surface area contributed by atoms with Gasteiger partial charge in [0, 0.05) is 26.2 Å². The van der Waals surface area contributed by atoms with Crippen LogP contribution in [-0.2, 0) is 18.3 Å². The van der Waals surface area contributed by atoms with Gasteiger partial charge in [-0.2, -0.15) is 10.4 Å². The average molecular weight is 284 g/mol. The molecule has 108 valence electrons. The molecule has 0 radical (unpaired) electrons. The van der Waals surface area contributed by atoms with Gasteiger partial charge < -0.3 is 10.1 Å². The number of nitrogens with one attached hydrogen (secondary N) is 1. The summed E-state index contributed by atoms with van der Waals surface area (Å²) in [6.45, 7) is 0.473. The van der Waals surface area contributed by atoms with Crippen molar-refractivity contribution in [1.29, 1.82) is 5.26 Å². The smallest absolute Gasteiger partial charge is 0.257 e. The van der Waals surface area contributed by atoms with Crippen LogP contribution in [0.1, 0.15) is 11.3 Å². The first-order chi connectivity index (χ1) is 10.2. The maximum Gasteiger partial charge on any atom is 0.257 e. The molecule has 21 heavy (non-hydrogen) atoms. The molecule has 1 amide bonds. The molecule has 6 nitrogen and oxygen atoms in total. The van der Waals surface area contributed by atoms with Crippen molar-refractivity contribution >= 4 is 5.91 Å². The highest BCUT2D eigenvalue weighted by Crippen LogP contribution is 2.11. The molecule has 0 aliphatic heterocycles. The number of nitrogens with zero attached hydrogens (tertiary/aromatic N) is 3. The second-order valence-electron chi connectivity index (χ2n) is 4.51. The van der Waals surface area contributed by atoms with Crippen LogP contribution in [0.15, 0.2) is 36.5 Å². The van der Waals surface area contributed by atoms with Gasteiger partial charge >= 0.3 is 0 Å². The van der Waals surface area contributed by atoms with Crippen LogP contribution in [0.5, 0.6) is 5.75 Å². The van der Waals surface area contributed by atoms with Gasteiger partial charge in [-0.05, 0) is 30.3 Å². The number of hydrogen-bond acceptors (Lipinski definition) is 4. The molecule has 1 aromatic carbocycles. The minimum absolute atomic E-state index is 0.0475. The topological polar surface area (TPSA) is 79.9 Å². The number of benzene rings is 1. The minimum Gasteiger partial charge on any atom is -0.484 e. The van der Waals surface area contributed by atoms with Crippen molar-refractivity contribution in [3.8, 4) is 11.8 Å². The molecule has 0 spiro atoms. The number of aromatic nitrogens is 2. The largest absolute Gasteiger partial charge is 0.484 e. The highest BCUT2D eigenvalue weighted by Gasteiger charge is 2.03. The Kier molecular flexibility index (Phi) is 4.94. The van der Waals surface area contributed by atoms with E-state index in [-0.39, 0.29) is 12.5 Å². The average Bonchev–Trinajstić information content (AvgIpc) is 2.91. The van der Waals surface area contributed by atoms with Crippen LogP contribution in [0, 0.1) is 11.3 Å². The molecule has 0 unspecified atom stereocenters. The van der Waals surface area contributed by atoms with Crippen LogP contribution in [0.25, 0.3) is 0 Å². The number of carbonyl (C=O) groups is 1. The van der Waals surface area contributed by atoms with E-state index in [0.29, 0.717) is 24.3 Å². The Hall–Kier alpha value is -2.81. The first-order valence-corrected chi connectivity index (χ1v) is 6.55. The molecule has 0 saturated carbocycles. The third-order valence-electron chi connectivity index (χ3n) is 2.83. The number of ether oxygens (including phenoxy) is 1. The number of nitriles is 1. The zero-order valence-electron chi connectivity index (χ0n) is 11.7. The van der Waals surface area contributed by atoms with E-state index in [1.54, 1.807) is 28.9 Å². The second kappa shape index (κ2) is 7.10. The van der Waals surface area contributed by atoms with Crippen molar-refractivity contribution in [2.75, 3.05) is 13.2 Å². The van der Waals surface area contributed by atoms with Crippen LogP contribution in [0.4, 0.5) is 0 Å². The summed E-state index contributed by atoms with van der Waals surface area (Å²) in [6, 6.07) is 10.6. The molecule has 2 aromatic rings. The van der Waals surface area contributed by atoms with Gasteiger partial charge in [-0.15, -0.1) is 0 Å². The van der Waals surface area contributed by atoms with Crippen molar-refractivity contribution < 1.29 is 9.53 Å². The molecular weight excluding hydrogens is 268 g/mol. The van der Waals surface area contributed by atoms with Gasteiger partial charge in [0.2, 0.25) is 0 Å². The van der Waals surface area contributed by atoms with E-state index in [2.05, 4.69) is 10.4 Å². The van der Waals surface area contributed by atoms with Gasteiger partial charge in [-0.3, -0.25) is 9.48 Å². The van der Waals surface area contributed by atoms with E-state index in [9.17, 15) is 4.79 Å². The SMILES string of the molecule is Cn1ccc(CCNC(=O)COc2ccc(C#N)cc2)n1. The molecule has 0 aliphatic rings. The summed E-state index contributed by atoms with van der Waals surface area (Å²) in [5.74, 6) is 0.379. The highest BCUT2D eigenvalue weighted by molar-refractivity contribution is 5.77. The Morgan fingerprint density at radius 3 is 2.76 bits per heavy atom. The van der Waals surface area contributed by atoms with E-state index in [1.165, 1.54) is 0 Å². The zero-order valence-corrected chi connectivity index (χ0v) is 11.7. The lowest BCUT2D eigenvalue weighted by molar-refractivity contribution is -0.123. The second-order valence-corrected chi connectivity index (χ2v) is 4.51. The molecule has 1 heterocycles. The Balaban J connectivity index is 1.68. The maximum absolute atomic E-state index is 11.6. The minimum atomic E-state index is -0.185. The molecule has 0 aliphatic carbocycles. The third kappa shape index (κ3) is 4.66. The van der Waals surface area contributed by atoms with Gasteiger partial charge in [-0.1, -0.05) is 0 Å². The molecule has 0 atom stereocenters. The number of amides is 1. The fourth-order valence-electron chi connectivity index (χ4n) is 1.75. The monoisotopic (exact) mass is 284 g/mol. The van der Waals surface area contributed by atoms with Gasteiger partial charge in [-0.25, -0.2) is 0 Å². The van der Waals surface area contributed by atoms with Crippen molar-refractivity contribution in [1.82, 2.24) is 15.1 Å². The Morgan fingerprint density at radius 1 is 1.38 bits per heavy atom. The van der Waals surface area contributed by atoms with Crippen molar-refractivity contribution in [2.24, 2.45) is 7.05 Å². The van der Waals surface area contributed by atoms with Gasteiger partial charge in [0.1, 0.15) is 5.75 Å². The molecule has 2 rings (SSSR count). The fraction of sp³-hybridized carbons (Fsp3) is 0.267. The predicted molar refractivity (Wildman–Crippen MR) is 76.6 cm³/mol. The lowest BCUT2D eigenvalue weighted by Gasteiger charge is -2.06. The first kappa shape index (κ1) is 14.6. The van der Waals surface area contributed by atoms with Crippen LogP contribution < -0.4 is 10.1 Å². The van der Waals surface area contributed by atoms with E-state index in [0.717, 1.165) is 5.69 Å². The first-order valence-electron chi connectivity index (χ1n) is 6.55. The summed E-state index contributed by atoms with van der Waals surface area (Å²) < 4.78 is 7.06. The van der Waals surface area contributed by atoms with Gasteiger partial charge in [0.05, 0.1) is 17.3 Å². The molecule has 0 bridgehead atoms. The molecular formula is C15H16N4O2. The summed E-state index contributed by atoms with van der Waals surface area (Å²) in [5, 5.41) is 15.7.